The number of para-hydroxylation sites is 2. The Bertz CT molecular complexity index is 797. The van der Waals surface area contributed by atoms with Gasteiger partial charge in [-0.15, -0.1) is 0 Å². The number of fused-ring (bicyclic) bond motifs is 1. The predicted molar refractivity (Wildman–Crippen MR) is 84.8 cm³/mol. The number of H-pyrrole nitrogens is 1. The quantitative estimate of drug-likeness (QED) is 0.772. The van der Waals surface area contributed by atoms with E-state index in [1.165, 1.54) is 0 Å². The molecule has 0 spiro atoms. The molecule has 0 unspecified atom stereocenters. The van der Waals surface area contributed by atoms with Crippen LogP contribution in [0.1, 0.15) is 27.6 Å². The van der Waals surface area contributed by atoms with Crippen LogP contribution >= 0.6 is 0 Å². The number of aryl methyl sites for hydroxylation is 2. The molecule has 3 aromatic rings. The second-order valence-corrected chi connectivity index (χ2v) is 5.38. The molecule has 2 heterocycles. The maximum absolute atomic E-state index is 12.3. The maximum atomic E-state index is 12.3. The summed E-state index contributed by atoms with van der Waals surface area (Å²) < 4.78 is 1.73. The van der Waals surface area contributed by atoms with E-state index in [-0.39, 0.29) is 5.91 Å². The Hall–Kier alpha value is -2.63. The van der Waals surface area contributed by atoms with Crippen LogP contribution in [0.15, 0.2) is 24.3 Å². The molecule has 0 fully saturated rings. The van der Waals surface area contributed by atoms with Crippen molar-refractivity contribution < 1.29 is 4.79 Å². The average molecular weight is 297 g/mol. The van der Waals surface area contributed by atoms with E-state index in [1.54, 1.807) is 4.68 Å². The number of hydrogen-bond donors (Lipinski definition) is 2. The smallest absolute Gasteiger partial charge is 0.255 e. The lowest BCUT2D eigenvalue weighted by molar-refractivity contribution is 0.0952. The van der Waals surface area contributed by atoms with E-state index in [4.69, 9.17) is 0 Å². The van der Waals surface area contributed by atoms with Gasteiger partial charge >= 0.3 is 0 Å². The Morgan fingerprint density at radius 1 is 1.32 bits per heavy atom. The van der Waals surface area contributed by atoms with Gasteiger partial charge < -0.3 is 10.3 Å². The van der Waals surface area contributed by atoms with Gasteiger partial charge in [0.1, 0.15) is 5.82 Å². The van der Waals surface area contributed by atoms with Crippen LogP contribution in [-0.2, 0) is 13.5 Å². The third-order valence-electron chi connectivity index (χ3n) is 3.82. The average Bonchev–Trinajstić information content (AvgIpc) is 3.00. The maximum Gasteiger partial charge on any atom is 0.255 e. The number of imidazole rings is 1. The number of nitrogens with one attached hydrogen (secondary N) is 2. The first-order valence-electron chi connectivity index (χ1n) is 7.28. The van der Waals surface area contributed by atoms with Crippen LogP contribution in [0.5, 0.6) is 0 Å². The highest BCUT2D eigenvalue weighted by Gasteiger charge is 2.16. The highest BCUT2D eigenvalue weighted by atomic mass is 16.1. The first-order chi connectivity index (χ1) is 10.6. The van der Waals surface area contributed by atoms with Crippen LogP contribution < -0.4 is 5.32 Å². The van der Waals surface area contributed by atoms with Gasteiger partial charge in [0.2, 0.25) is 0 Å². The van der Waals surface area contributed by atoms with Crippen LogP contribution in [0.4, 0.5) is 0 Å². The van der Waals surface area contributed by atoms with Gasteiger partial charge in [-0.05, 0) is 26.0 Å². The van der Waals surface area contributed by atoms with E-state index < -0.39 is 0 Å². The Labute approximate surface area is 128 Å². The molecule has 3 rings (SSSR count). The van der Waals surface area contributed by atoms with Gasteiger partial charge in [-0.2, -0.15) is 5.10 Å². The van der Waals surface area contributed by atoms with Gasteiger partial charge in [-0.1, -0.05) is 12.1 Å². The molecule has 0 bridgehead atoms. The summed E-state index contributed by atoms with van der Waals surface area (Å²) in [5, 5.41) is 7.20. The van der Waals surface area contributed by atoms with Crippen molar-refractivity contribution in [1.82, 2.24) is 25.1 Å². The molecular weight excluding hydrogens is 278 g/mol. The molecule has 0 saturated heterocycles. The number of benzene rings is 1. The molecule has 1 aromatic carbocycles. The Morgan fingerprint density at radius 2 is 2.09 bits per heavy atom. The van der Waals surface area contributed by atoms with Crippen molar-refractivity contribution in [3.63, 3.8) is 0 Å². The number of carbonyl (C=O) groups is 1. The van der Waals surface area contributed by atoms with E-state index in [0.29, 0.717) is 18.5 Å². The summed E-state index contributed by atoms with van der Waals surface area (Å²) in [5.74, 6) is 0.792. The van der Waals surface area contributed by atoms with E-state index in [9.17, 15) is 4.79 Å². The van der Waals surface area contributed by atoms with E-state index >= 15 is 0 Å². The first-order valence-corrected chi connectivity index (χ1v) is 7.28. The van der Waals surface area contributed by atoms with Crippen LogP contribution in [-0.4, -0.2) is 32.2 Å². The van der Waals surface area contributed by atoms with Crippen LogP contribution in [0.2, 0.25) is 0 Å². The Morgan fingerprint density at radius 3 is 2.77 bits per heavy atom. The van der Waals surface area contributed by atoms with Crippen molar-refractivity contribution in [3.8, 4) is 0 Å². The fourth-order valence-corrected chi connectivity index (χ4v) is 2.61. The third-order valence-corrected chi connectivity index (χ3v) is 3.82. The molecule has 0 aliphatic rings. The fourth-order valence-electron chi connectivity index (χ4n) is 2.61. The molecule has 22 heavy (non-hydrogen) atoms. The molecule has 0 atom stereocenters. The van der Waals surface area contributed by atoms with Gasteiger partial charge in [-0.25, -0.2) is 4.98 Å². The zero-order chi connectivity index (χ0) is 15.7. The number of aromatic amines is 1. The number of carbonyl (C=O) groups excluding carboxylic acids is 1. The zero-order valence-electron chi connectivity index (χ0n) is 13.0. The molecule has 6 heteroatoms. The summed E-state index contributed by atoms with van der Waals surface area (Å²) in [6, 6.07) is 7.89. The number of aromatic nitrogens is 4. The van der Waals surface area contributed by atoms with Gasteiger partial charge in [0.25, 0.3) is 5.91 Å². The molecular formula is C16H19N5O. The van der Waals surface area contributed by atoms with E-state index in [2.05, 4.69) is 20.4 Å². The highest BCUT2D eigenvalue weighted by Crippen LogP contribution is 2.12. The zero-order valence-corrected chi connectivity index (χ0v) is 13.0. The topological polar surface area (TPSA) is 75.6 Å². The summed E-state index contributed by atoms with van der Waals surface area (Å²) >= 11 is 0. The SMILES string of the molecule is Cc1nn(C)c(C)c1C(=O)NCCc1nc2ccccc2[nH]1. The minimum absolute atomic E-state index is 0.0841. The summed E-state index contributed by atoms with van der Waals surface area (Å²) in [6.07, 6.45) is 0.665. The Kier molecular flexibility index (Phi) is 3.66. The minimum Gasteiger partial charge on any atom is -0.351 e. The monoisotopic (exact) mass is 297 g/mol. The highest BCUT2D eigenvalue weighted by molar-refractivity contribution is 5.96. The summed E-state index contributed by atoms with van der Waals surface area (Å²) in [5.41, 5.74) is 4.25. The summed E-state index contributed by atoms with van der Waals surface area (Å²) in [7, 11) is 1.84. The third kappa shape index (κ3) is 2.59. The van der Waals surface area contributed by atoms with Crippen molar-refractivity contribution in [1.29, 1.82) is 0 Å². The van der Waals surface area contributed by atoms with Gasteiger partial charge in [0.15, 0.2) is 0 Å². The number of hydrogen-bond acceptors (Lipinski definition) is 3. The normalized spacial score (nSPS) is 11.0. The van der Waals surface area contributed by atoms with E-state index in [1.807, 2.05) is 45.2 Å². The van der Waals surface area contributed by atoms with Crippen molar-refractivity contribution in [2.24, 2.45) is 7.05 Å². The van der Waals surface area contributed by atoms with Crippen LogP contribution in [0.3, 0.4) is 0 Å². The second kappa shape index (κ2) is 5.63. The molecule has 0 radical (unpaired) electrons. The lowest BCUT2D eigenvalue weighted by Crippen LogP contribution is -2.27. The standard InChI is InChI=1S/C16H19N5O/c1-10-15(11(2)21(3)20-10)16(22)17-9-8-14-18-12-6-4-5-7-13(12)19-14/h4-7H,8-9H2,1-3H3,(H,17,22)(H,18,19). The molecule has 0 aliphatic carbocycles. The molecule has 0 saturated carbocycles. The largest absolute Gasteiger partial charge is 0.351 e. The molecule has 114 valence electrons. The predicted octanol–water partition coefficient (Wildman–Crippen LogP) is 1.89. The van der Waals surface area contributed by atoms with Crippen molar-refractivity contribution in [3.05, 3.63) is 47.0 Å². The van der Waals surface area contributed by atoms with Crippen molar-refractivity contribution in [2.75, 3.05) is 6.54 Å². The Balaban J connectivity index is 1.64. The molecule has 2 aromatic heterocycles. The lowest BCUT2D eigenvalue weighted by Gasteiger charge is -2.04. The summed E-state index contributed by atoms with van der Waals surface area (Å²) in [6.45, 7) is 4.28. The number of nitrogens with zero attached hydrogens (tertiary/aromatic N) is 3. The van der Waals surface area contributed by atoms with Gasteiger partial charge in [0.05, 0.1) is 22.3 Å². The van der Waals surface area contributed by atoms with Crippen molar-refractivity contribution >= 4 is 16.9 Å². The first kappa shape index (κ1) is 14.3. The van der Waals surface area contributed by atoms with E-state index in [0.717, 1.165) is 28.2 Å². The number of amides is 1. The summed E-state index contributed by atoms with van der Waals surface area (Å²) in [4.78, 5) is 20.0. The van der Waals surface area contributed by atoms with Crippen LogP contribution in [0, 0.1) is 13.8 Å². The lowest BCUT2D eigenvalue weighted by atomic mass is 10.2. The fraction of sp³-hybridized carbons (Fsp3) is 0.312. The molecule has 2 N–H and O–H groups in total. The van der Waals surface area contributed by atoms with Gasteiger partial charge in [0, 0.05) is 25.7 Å². The second-order valence-electron chi connectivity index (χ2n) is 5.38. The number of rotatable bonds is 4. The molecule has 0 aliphatic heterocycles. The van der Waals surface area contributed by atoms with Crippen molar-refractivity contribution in [2.45, 2.75) is 20.3 Å². The van der Waals surface area contributed by atoms with Gasteiger partial charge in [-0.3, -0.25) is 9.48 Å². The minimum atomic E-state index is -0.0841. The molecule has 1 amide bonds. The molecule has 6 nitrogen and oxygen atoms in total. The van der Waals surface area contributed by atoms with Crippen LogP contribution in [0.25, 0.3) is 11.0 Å².